The summed E-state index contributed by atoms with van der Waals surface area (Å²) < 4.78 is 4.43. The molecule has 0 radical (unpaired) electrons. The highest BCUT2D eigenvalue weighted by Gasteiger charge is 2.34. The number of hydrogen-bond donors (Lipinski definition) is 2. The zero-order valence-electron chi connectivity index (χ0n) is 12.5. The number of amides is 1. The van der Waals surface area contributed by atoms with Crippen molar-refractivity contribution in [3.8, 4) is 5.75 Å². The van der Waals surface area contributed by atoms with Crippen molar-refractivity contribution in [2.45, 2.75) is 9.96 Å². The monoisotopic (exact) mass is 498 g/mol. The maximum absolute atomic E-state index is 12.4. The number of anilines is 1. The third kappa shape index (κ3) is 5.31. The Balaban J connectivity index is 2.22. The van der Waals surface area contributed by atoms with Crippen LogP contribution in [0.4, 0.5) is 5.69 Å². The summed E-state index contributed by atoms with van der Waals surface area (Å²) >= 11 is 20.2. The van der Waals surface area contributed by atoms with Gasteiger partial charge in [0.2, 0.25) is 3.79 Å². The van der Waals surface area contributed by atoms with Crippen LogP contribution in [0.2, 0.25) is 0 Å². The Morgan fingerprint density at radius 2 is 1.88 bits per heavy atom. The number of hydrogen-bond acceptors (Lipinski definition) is 3. The predicted molar refractivity (Wildman–Crippen MR) is 107 cm³/mol. The summed E-state index contributed by atoms with van der Waals surface area (Å²) in [6.45, 7) is 0. The van der Waals surface area contributed by atoms with Gasteiger partial charge in [0.25, 0.3) is 5.91 Å². The first-order chi connectivity index (χ1) is 11.3. The van der Waals surface area contributed by atoms with Crippen molar-refractivity contribution in [2.24, 2.45) is 0 Å². The highest BCUT2D eigenvalue weighted by Crippen LogP contribution is 2.33. The molecule has 1 unspecified atom stereocenters. The zero-order chi connectivity index (χ0) is 17.7. The summed E-state index contributed by atoms with van der Waals surface area (Å²) in [5.74, 6) is 0.215. The van der Waals surface area contributed by atoms with Gasteiger partial charge in [-0.05, 0) is 52.9 Å². The number of methoxy groups -OCH3 is 1. The van der Waals surface area contributed by atoms with Crippen LogP contribution >= 0.6 is 57.4 Å². The molecular weight excluding hydrogens is 485 g/mol. The van der Waals surface area contributed by atoms with Crippen molar-refractivity contribution < 1.29 is 9.53 Å². The Kier molecular flexibility index (Phi) is 6.86. The predicted octanol–water partition coefficient (Wildman–Crippen LogP) is 4.84. The van der Waals surface area contributed by atoms with Crippen molar-refractivity contribution >= 4 is 69.0 Å². The van der Waals surface area contributed by atoms with E-state index < -0.39 is 9.96 Å². The van der Waals surface area contributed by atoms with Crippen LogP contribution in [0.15, 0.2) is 48.5 Å². The summed E-state index contributed by atoms with van der Waals surface area (Å²) in [6, 6.07) is 14.3. The average Bonchev–Trinajstić information content (AvgIpc) is 2.53. The van der Waals surface area contributed by atoms with Gasteiger partial charge >= 0.3 is 0 Å². The van der Waals surface area contributed by atoms with Gasteiger partial charge in [0.15, 0.2) is 0 Å². The van der Waals surface area contributed by atoms with E-state index in [2.05, 4.69) is 33.2 Å². The molecule has 0 aliphatic rings. The Morgan fingerprint density at radius 1 is 1.17 bits per heavy atom. The van der Waals surface area contributed by atoms with E-state index in [0.29, 0.717) is 17.0 Å². The van der Waals surface area contributed by atoms with E-state index in [0.717, 1.165) is 3.57 Å². The van der Waals surface area contributed by atoms with Crippen LogP contribution in [0, 0.1) is 3.57 Å². The lowest BCUT2D eigenvalue weighted by Crippen LogP contribution is -2.49. The van der Waals surface area contributed by atoms with E-state index in [1.165, 1.54) is 7.11 Å². The first-order valence-electron chi connectivity index (χ1n) is 6.84. The topological polar surface area (TPSA) is 50.4 Å². The van der Waals surface area contributed by atoms with Gasteiger partial charge in [0, 0.05) is 9.13 Å². The van der Waals surface area contributed by atoms with Gasteiger partial charge < -0.3 is 15.4 Å². The summed E-state index contributed by atoms with van der Waals surface area (Å²) in [4.78, 5) is 12.4. The van der Waals surface area contributed by atoms with Gasteiger partial charge in [0.1, 0.15) is 11.9 Å². The maximum atomic E-state index is 12.4. The van der Waals surface area contributed by atoms with Crippen LogP contribution in [0.25, 0.3) is 0 Å². The van der Waals surface area contributed by atoms with E-state index in [9.17, 15) is 4.79 Å². The van der Waals surface area contributed by atoms with Gasteiger partial charge in [-0.3, -0.25) is 4.79 Å². The molecule has 2 N–H and O–H groups in total. The number of rotatable bonds is 5. The molecular formula is C16H14Cl3IN2O2. The molecule has 0 heterocycles. The maximum Gasteiger partial charge on any atom is 0.253 e. The number of alkyl halides is 3. The molecule has 128 valence electrons. The first kappa shape index (κ1) is 19.4. The van der Waals surface area contributed by atoms with Gasteiger partial charge in [0.05, 0.1) is 12.8 Å². The quantitative estimate of drug-likeness (QED) is 0.352. The van der Waals surface area contributed by atoms with Crippen LogP contribution in [0.3, 0.4) is 0 Å². The molecule has 8 heteroatoms. The second kappa shape index (κ2) is 8.47. The van der Waals surface area contributed by atoms with Crippen LogP contribution in [-0.2, 0) is 0 Å². The molecule has 0 fully saturated rings. The standard InChI is InChI=1S/C16H14Cl3IN2O2/c1-24-13-8-3-2-7-12(13)21-15(16(17,18)19)22-14(23)10-5-4-6-11(20)9-10/h2-9,15,21H,1H3,(H,22,23). The number of halogens is 4. The molecule has 0 aliphatic carbocycles. The van der Waals surface area contributed by atoms with Crippen molar-refractivity contribution in [1.29, 1.82) is 0 Å². The Hall–Kier alpha value is -0.890. The molecule has 2 rings (SSSR count). The minimum absolute atomic E-state index is 0.354. The molecule has 2 aromatic rings. The molecule has 0 spiro atoms. The lowest BCUT2D eigenvalue weighted by atomic mass is 10.2. The van der Waals surface area contributed by atoms with Crippen molar-refractivity contribution in [3.05, 3.63) is 57.7 Å². The summed E-state index contributed by atoms with van der Waals surface area (Å²) in [6.07, 6.45) is -0.954. The van der Waals surface area contributed by atoms with Crippen molar-refractivity contribution in [1.82, 2.24) is 5.32 Å². The molecule has 1 amide bonds. The molecule has 1 atom stereocenters. The number of nitrogens with one attached hydrogen (secondary N) is 2. The molecule has 0 aliphatic heterocycles. The first-order valence-corrected chi connectivity index (χ1v) is 9.05. The number of carbonyl (C=O) groups excluding carboxylic acids is 1. The van der Waals surface area contributed by atoms with Crippen molar-refractivity contribution in [3.63, 3.8) is 0 Å². The number of carbonyl (C=O) groups is 1. The van der Waals surface area contributed by atoms with E-state index in [-0.39, 0.29) is 5.91 Å². The summed E-state index contributed by atoms with van der Waals surface area (Å²) in [7, 11) is 1.54. The third-order valence-corrected chi connectivity index (χ3v) is 4.42. The fourth-order valence-corrected chi connectivity index (χ4v) is 2.83. The smallest absolute Gasteiger partial charge is 0.253 e. The largest absolute Gasteiger partial charge is 0.495 e. The van der Waals surface area contributed by atoms with Crippen LogP contribution in [0.1, 0.15) is 10.4 Å². The molecule has 2 aromatic carbocycles. The van der Waals surface area contributed by atoms with Gasteiger partial charge in [-0.15, -0.1) is 0 Å². The van der Waals surface area contributed by atoms with E-state index in [1.54, 1.807) is 30.3 Å². The minimum atomic E-state index is -1.77. The van der Waals surface area contributed by atoms with Crippen LogP contribution in [0.5, 0.6) is 5.75 Å². The lowest BCUT2D eigenvalue weighted by Gasteiger charge is -2.28. The van der Waals surface area contributed by atoms with Crippen LogP contribution < -0.4 is 15.4 Å². The fourth-order valence-electron chi connectivity index (χ4n) is 1.96. The molecule has 0 saturated carbocycles. The number of ether oxygens (including phenoxy) is 1. The molecule has 0 bridgehead atoms. The fraction of sp³-hybridized carbons (Fsp3) is 0.188. The average molecular weight is 500 g/mol. The molecule has 4 nitrogen and oxygen atoms in total. The zero-order valence-corrected chi connectivity index (χ0v) is 16.9. The van der Waals surface area contributed by atoms with Gasteiger partial charge in [-0.25, -0.2) is 0 Å². The molecule has 0 aromatic heterocycles. The molecule has 24 heavy (non-hydrogen) atoms. The van der Waals surface area contributed by atoms with E-state index in [4.69, 9.17) is 39.5 Å². The summed E-state index contributed by atoms with van der Waals surface area (Å²) in [5.41, 5.74) is 1.07. The Labute approximate surface area is 168 Å². The van der Waals surface area contributed by atoms with Crippen molar-refractivity contribution in [2.75, 3.05) is 12.4 Å². The highest BCUT2D eigenvalue weighted by atomic mass is 127. The lowest BCUT2D eigenvalue weighted by molar-refractivity contribution is 0.0941. The molecule has 0 saturated heterocycles. The Morgan fingerprint density at radius 3 is 2.50 bits per heavy atom. The normalized spacial score (nSPS) is 12.4. The van der Waals surface area contributed by atoms with Gasteiger partial charge in [-0.1, -0.05) is 53.0 Å². The summed E-state index contributed by atoms with van der Waals surface area (Å²) in [5, 5.41) is 5.69. The van der Waals surface area contributed by atoms with Crippen LogP contribution in [-0.4, -0.2) is 23.0 Å². The van der Waals surface area contributed by atoms with E-state index >= 15 is 0 Å². The second-order valence-electron chi connectivity index (χ2n) is 4.80. The SMILES string of the molecule is COc1ccccc1NC(NC(=O)c1cccc(I)c1)C(Cl)(Cl)Cl. The number of para-hydroxylation sites is 2. The number of benzene rings is 2. The highest BCUT2D eigenvalue weighted by molar-refractivity contribution is 14.1. The van der Waals surface area contributed by atoms with E-state index in [1.807, 2.05) is 18.2 Å². The second-order valence-corrected chi connectivity index (χ2v) is 8.42. The Bertz CT molecular complexity index is 722. The van der Waals surface area contributed by atoms with Gasteiger partial charge in [-0.2, -0.15) is 0 Å². The minimum Gasteiger partial charge on any atom is -0.495 e. The third-order valence-electron chi connectivity index (χ3n) is 3.10.